The lowest BCUT2D eigenvalue weighted by Gasteiger charge is -2.09. The zero-order valence-corrected chi connectivity index (χ0v) is 18.3. The highest BCUT2D eigenvalue weighted by molar-refractivity contribution is 7.14. The van der Waals surface area contributed by atoms with Crippen molar-refractivity contribution in [3.05, 3.63) is 59.0 Å². The van der Waals surface area contributed by atoms with E-state index in [-0.39, 0.29) is 30.1 Å². The first-order valence-electron chi connectivity index (χ1n) is 9.79. The molecule has 162 valence electrons. The second kappa shape index (κ2) is 10.0. The van der Waals surface area contributed by atoms with E-state index < -0.39 is 0 Å². The van der Waals surface area contributed by atoms with E-state index in [0.717, 1.165) is 0 Å². The molecule has 3 amide bonds. The van der Waals surface area contributed by atoms with Crippen LogP contribution in [-0.4, -0.2) is 22.7 Å². The zero-order valence-electron chi connectivity index (χ0n) is 17.5. The highest BCUT2D eigenvalue weighted by atomic mass is 32.1. The van der Waals surface area contributed by atoms with E-state index in [1.54, 1.807) is 42.6 Å². The van der Waals surface area contributed by atoms with Gasteiger partial charge in [-0.1, -0.05) is 13.8 Å². The van der Waals surface area contributed by atoms with Gasteiger partial charge in [0.1, 0.15) is 5.76 Å². The molecule has 0 aliphatic heterocycles. The van der Waals surface area contributed by atoms with Gasteiger partial charge >= 0.3 is 0 Å². The van der Waals surface area contributed by atoms with Crippen LogP contribution in [0.4, 0.5) is 16.5 Å². The lowest BCUT2D eigenvalue weighted by molar-refractivity contribution is -0.117. The first-order chi connectivity index (χ1) is 14.8. The van der Waals surface area contributed by atoms with Gasteiger partial charge in [-0.2, -0.15) is 0 Å². The van der Waals surface area contributed by atoms with Crippen molar-refractivity contribution in [2.45, 2.75) is 33.6 Å². The Hall–Kier alpha value is -3.46. The normalized spacial score (nSPS) is 10.7. The van der Waals surface area contributed by atoms with Crippen molar-refractivity contribution in [3.63, 3.8) is 0 Å². The van der Waals surface area contributed by atoms with Crippen LogP contribution in [0.3, 0.4) is 0 Å². The number of aromatic nitrogens is 1. The van der Waals surface area contributed by atoms with Gasteiger partial charge in [0.25, 0.3) is 5.91 Å². The molecule has 0 saturated heterocycles. The van der Waals surface area contributed by atoms with Gasteiger partial charge in [0, 0.05) is 23.2 Å². The van der Waals surface area contributed by atoms with Crippen molar-refractivity contribution >= 4 is 45.6 Å². The van der Waals surface area contributed by atoms with Crippen LogP contribution < -0.4 is 16.0 Å². The quantitative estimate of drug-likeness (QED) is 0.478. The second-order valence-corrected chi connectivity index (χ2v) is 8.30. The first-order valence-corrected chi connectivity index (χ1v) is 10.7. The minimum absolute atomic E-state index is 0.0406. The summed E-state index contributed by atoms with van der Waals surface area (Å²) in [6.45, 7) is 5.67. The predicted octanol–water partition coefficient (Wildman–Crippen LogP) is 4.46. The molecule has 3 N–H and O–H groups in total. The molecule has 0 bridgehead atoms. The number of amides is 3. The predicted molar refractivity (Wildman–Crippen MR) is 120 cm³/mol. The number of hydrogen-bond acceptors (Lipinski definition) is 6. The maximum Gasteiger partial charge on any atom is 0.260 e. The minimum Gasteiger partial charge on any atom is -0.469 e. The van der Waals surface area contributed by atoms with Gasteiger partial charge < -0.3 is 15.1 Å². The van der Waals surface area contributed by atoms with Crippen LogP contribution in [0.5, 0.6) is 0 Å². The molecule has 0 saturated carbocycles. The van der Waals surface area contributed by atoms with Gasteiger partial charge in [0.05, 0.1) is 23.9 Å². The van der Waals surface area contributed by atoms with Crippen LogP contribution in [0.25, 0.3) is 0 Å². The molecule has 0 radical (unpaired) electrons. The summed E-state index contributed by atoms with van der Waals surface area (Å²) in [7, 11) is 0. The Labute approximate surface area is 184 Å². The number of carbonyl (C=O) groups is 3. The van der Waals surface area contributed by atoms with Crippen LogP contribution in [0, 0.1) is 12.8 Å². The molecule has 0 atom stereocenters. The van der Waals surface area contributed by atoms with Gasteiger partial charge in [0.2, 0.25) is 11.8 Å². The number of furan rings is 1. The monoisotopic (exact) mass is 440 g/mol. The van der Waals surface area contributed by atoms with E-state index in [2.05, 4.69) is 20.9 Å². The number of benzene rings is 1. The molecule has 31 heavy (non-hydrogen) atoms. The summed E-state index contributed by atoms with van der Waals surface area (Å²) in [4.78, 5) is 40.6. The molecule has 3 rings (SSSR count). The van der Waals surface area contributed by atoms with E-state index >= 15 is 0 Å². The molecule has 2 aromatic heterocycles. The second-order valence-electron chi connectivity index (χ2n) is 7.44. The van der Waals surface area contributed by atoms with Crippen LogP contribution >= 0.6 is 11.3 Å². The van der Waals surface area contributed by atoms with Crippen molar-refractivity contribution in [1.82, 2.24) is 4.98 Å². The fourth-order valence-electron chi connectivity index (χ4n) is 2.82. The molecule has 0 aliphatic carbocycles. The fraction of sp³-hybridized carbons (Fsp3) is 0.273. The number of nitrogens with one attached hydrogen (secondary N) is 3. The molecule has 3 aromatic rings. The van der Waals surface area contributed by atoms with Gasteiger partial charge in [-0.3, -0.25) is 19.7 Å². The minimum atomic E-state index is -0.308. The molecule has 0 unspecified atom stereocenters. The van der Waals surface area contributed by atoms with Gasteiger partial charge in [-0.15, -0.1) is 11.3 Å². The van der Waals surface area contributed by atoms with Crippen LogP contribution in [0.1, 0.15) is 42.1 Å². The third kappa shape index (κ3) is 6.51. The fourth-order valence-corrected chi connectivity index (χ4v) is 3.53. The lowest BCUT2D eigenvalue weighted by Crippen LogP contribution is -2.16. The molecule has 1 aromatic carbocycles. The van der Waals surface area contributed by atoms with E-state index in [1.165, 1.54) is 17.6 Å². The summed E-state index contributed by atoms with van der Waals surface area (Å²) in [6.07, 6.45) is 1.98. The Morgan fingerprint density at radius 3 is 2.23 bits per heavy atom. The molecule has 0 spiro atoms. The van der Waals surface area contributed by atoms with Crippen LogP contribution in [0.2, 0.25) is 0 Å². The molecular formula is C22H24N4O4S. The zero-order chi connectivity index (χ0) is 22.4. The summed E-state index contributed by atoms with van der Waals surface area (Å²) in [6, 6.07) is 8.52. The van der Waals surface area contributed by atoms with E-state index in [1.807, 2.05) is 13.8 Å². The molecular weight excluding hydrogens is 416 g/mol. The number of aryl methyl sites for hydroxylation is 1. The molecule has 0 fully saturated rings. The summed E-state index contributed by atoms with van der Waals surface area (Å²) in [5.41, 5.74) is 2.29. The number of nitrogens with zero attached hydrogens (tertiary/aromatic N) is 1. The number of anilines is 3. The Bertz CT molecular complexity index is 1070. The number of thiazole rings is 1. The average Bonchev–Trinajstić information content (AvgIpc) is 3.31. The van der Waals surface area contributed by atoms with Gasteiger partial charge in [-0.05, 0) is 43.2 Å². The van der Waals surface area contributed by atoms with Crippen molar-refractivity contribution in [2.24, 2.45) is 5.92 Å². The van der Waals surface area contributed by atoms with Crippen molar-refractivity contribution in [2.75, 3.05) is 16.0 Å². The Balaban J connectivity index is 1.50. The molecule has 2 heterocycles. The maximum atomic E-state index is 12.3. The average molecular weight is 441 g/mol. The van der Waals surface area contributed by atoms with Crippen LogP contribution in [0.15, 0.2) is 46.4 Å². The van der Waals surface area contributed by atoms with Crippen molar-refractivity contribution in [3.8, 4) is 0 Å². The Morgan fingerprint density at radius 2 is 1.65 bits per heavy atom. The van der Waals surface area contributed by atoms with E-state index in [0.29, 0.717) is 39.9 Å². The van der Waals surface area contributed by atoms with Crippen LogP contribution in [-0.2, 0) is 16.0 Å². The Kier molecular flexibility index (Phi) is 7.19. The summed E-state index contributed by atoms with van der Waals surface area (Å²) >= 11 is 1.25. The summed E-state index contributed by atoms with van der Waals surface area (Å²) in [5, 5.41) is 10.5. The standard InChI is InChI=1S/C22H24N4O4S/c1-13(2)10-19(27)23-15-4-6-16(7-5-15)24-20(28)11-17-12-31-22(25-17)26-21(29)18-8-9-30-14(18)3/h4-9,12-13H,10-11H2,1-3H3,(H,23,27)(H,24,28)(H,25,26,29). The largest absolute Gasteiger partial charge is 0.469 e. The number of carbonyl (C=O) groups excluding carboxylic acids is 3. The highest BCUT2D eigenvalue weighted by Crippen LogP contribution is 2.19. The van der Waals surface area contributed by atoms with Gasteiger partial charge in [-0.25, -0.2) is 4.98 Å². The lowest BCUT2D eigenvalue weighted by atomic mass is 10.1. The summed E-state index contributed by atoms with van der Waals surface area (Å²) in [5.74, 6) is 0.232. The van der Waals surface area contributed by atoms with E-state index in [4.69, 9.17) is 4.42 Å². The number of hydrogen-bond donors (Lipinski definition) is 3. The van der Waals surface area contributed by atoms with Gasteiger partial charge in [0.15, 0.2) is 5.13 Å². The first kappa shape index (κ1) is 22.2. The smallest absolute Gasteiger partial charge is 0.260 e. The van der Waals surface area contributed by atoms with Crippen molar-refractivity contribution in [1.29, 1.82) is 0 Å². The summed E-state index contributed by atoms with van der Waals surface area (Å²) < 4.78 is 5.13. The third-order valence-corrected chi connectivity index (χ3v) is 5.07. The third-order valence-electron chi connectivity index (χ3n) is 4.26. The topological polar surface area (TPSA) is 113 Å². The van der Waals surface area contributed by atoms with Crippen molar-refractivity contribution < 1.29 is 18.8 Å². The Morgan fingerprint density at radius 1 is 1.00 bits per heavy atom. The molecule has 0 aliphatic rings. The highest BCUT2D eigenvalue weighted by Gasteiger charge is 2.14. The number of rotatable bonds is 8. The van der Waals surface area contributed by atoms with E-state index in [9.17, 15) is 14.4 Å². The molecule has 8 nitrogen and oxygen atoms in total. The molecule has 9 heteroatoms. The maximum absolute atomic E-state index is 12.3. The SMILES string of the molecule is Cc1occc1C(=O)Nc1nc(CC(=O)Nc2ccc(NC(=O)CC(C)C)cc2)cs1.